The highest BCUT2D eigenvalue weighted by atomic mass is 16.2. The quantitative estimate of drug-likeness (QED) is 0.855. The number of aromatic nitrogens is 3. The number of carbonyl (C=O) groups excluding carboxylic acids is 1. The molecule has 2 aromatic rings. The maximum absolute atomic E-state index is 12.8. The van der Waals surface area contributed by atoms with E-state index in [-0.39, 0.29) is 11.3 Å². The zero-order valence-electron chi connectivity index (χ0n) is 12.7. The van der Waals surface area contributed by atoms with Crippen LogP contribution in [0.2, 0.25) is 0 Å². The molecule has 0 radical (unpaired) electrons. The van der Waals surface area contributed by atoms with Crippen LogP contribution in [0.25, 0.3) is 11.0 Å². The molecule has 4 atom stereocenters. The normalized spacial score (nSPS) is 31.8. The fourth-order valence-electron chi connectivity index (χ4n) is 4.80. The highest BCUT2D eigenvalue weighted by molar-refractivity contribution is 5.95. The molecule has 2 bridgehead atoms. The van der Waals surface area contributed by atoms with Crippen LogP contribution in [0.3, 0.4) is 0 Å². The molecule has 5 rings (SSSR count). The van der Waals surface area contributed by atoms with Crippen LogP contribution in [0, 0.1) is 24.7 Å². The van der Waals surface area contributed by atoms with E-state index >= 15 is 0 Å². The van der Waals surface area contributed by atoms with Crippen molar-refractivity contribution in [1.29, 1.82) is 0 Å². The molecular weight excluding hydrogens is 280 g/mol. The fraction of sp³-hybridized carbons (Fsp3) is 0.562. The molecule has 2 saturated carbocycles. The van der Waals surface area contributed by atoms with Crippen LogP contribution in [-0.4, -0.2) is 38.2 Å². The van der Waals surface area contributed by atoms with E-state index in [4.69, 9.17) is 0 Å². The van der Waals surface area contributed by atoms with Crippen LogP contribution in [0.5, 0.6) is 0 Å². The number of aryl methyl sites for hydroxylation is 2. The van der Waals surface area contributed by atoms with Gasteiger partial charge in [-0.25, -0.2) is 0 Å². The number of fused-ring (bicyclic) bond motifs is 6. The number of carbonyl (C=O) groups is 1. The van der Waals surface area contributed by atoms with Gasteiger partial charge in [-0.3, -0.25) is 14.3 Å². The summed E-state index contributed by atoms with van der Waals surface area (Å²) in [5, 5.41) is 4.84. The second-order valence-corrected chi connectivity index (χ2v) is 7.06. The van der Waals surface area contributed by atoms with Gasteiger partial charge < -0.3 is 9.88 Å². The Bertz CT molecular complexity index is 880. The molecule has 1 saturated heterocycles. The second-order valence-electron chi connectivity index (χ2n) is 7.06. The summed E-state index contributed by atoms with van der Waals surface area (Å²) >= 11 is 0. The van der Waals surface area contributed by atoms with Crippen molar-refractivity contribution < 1.29 is 4.79 Å². The number of hydrogen-bond donors (Lipinski definition) is 1. The van der Waals surface area contributed by atoms with E-state index in [9.17, 15) is 9.59 Å². The highest BCUT2D eigenvalue weighted by Crippen LogP contribution is 2.61. The van der Waals surface area contributed by atoms with Gasteiger partial charge in [0.15, 0.2) is 5.43 Å². The number of pyridine rings is 1. The second kappa shape index (κ2) is 3.80. The third-order valence-electron chi connectivity index (χ3n) is 5.86. The molecule has 3 aliphatic rings. The lowest BCUT2D eigenvalue weighted by molar-refractivity contribution is 0.0687. The minimum atomic E-state index is -0.128. The lowest BCUT2D eigenvalue weighted by Gasteiger charge is -2.26. The Hall–Kier alpha value is -2.11. The first kappa shape index (κ1) is 12.4. The van der Waals surface area contributed by atoms with E-state index in [2.05, 4.69) is 10.1 Å². The molecule has 114 valence electrons. The standard InChI is InChI=1S/C16H18N4O2/c1-7-14-13(21)5-11(17-15(14)19(2)18-7)16(22)20-6-8-3-12(20)10-4-9(8)10/h5,8-10,12H,3-4,6H2,1-2H3,(H,17,21)/t8-,9-,10-,12-/m0/s1. The molecule has 0 aromatic carbocycles. The third-order valence-corrected chi connectivity index (χ3v) is 5.86. The predicted molar refractivity (Wildman–Crippen MR) is 80.6 cm³/mol. The van der Waals surface area contributed by atoms with Crippen LogP contribution in [0.4, 0.5) is 0 Å². The molecule has 3 fully saturated rings. The monoisotopic (exact) mass is 298 g/mol. The van der Waals surface area contributed by atoms with Crippen LogP contribution in [-0.2, 0) is 7.05 Å². The molecule has 2 aliphatic carbocycles. The molecule has 22 heavy (non-hydrogen) atoms. The van der Waals surface area contributed by atoms with Gasteiger partial charge in [-0.05, 0) is 37.5 Å². The van der Waals surface area contributed by atoms with Crippen molar-refractivity contribution in [2.75, 3.05) is 6.54 Å². The van der Waals surface area contributed by atoms with Gasteiger partial charge in [-0.2, -0.15) is 5.10 Å². The molecule has 2 aromatic heterocycles. The van der Waals surface area contributed by atoms with Crippen molar-refractivity contribution in [2.24, 2.45) is 24.8 Å². The van der Waals surface area contributed by atoms with Crippen LogP contribution in [0.15, 0.2) is 10.9 Å². The topological polar surface area (TPSA) is 71.0 Å². The summed E-state index contributed by atoms with van der Waals surface area (Å²) in [5.74, 6) is 2.25. The Morgan fingerprint density at radius 1 is 1.36 bits per heavy atom. The van der Waals surface area contributed by atoms with E-state index < -0.39 is 0 Å². The minimum absolute atomic E-state index is 0.0318. The Morgan fingerprint density at radius 3 is 2.91 bits per heavy atom. The Balaban J connectivity index is 1.58. The first-order valence-electron chi connectivity index (χ1n) is 7.92. The SMILES string of the molecule is Cc1nn(C)c2[nH]c(C(=O)N3C[C@@H]4C[C@H]3[C@H]3C[C@@H]43)cc(=O)c12. The van der Waals surface area contributed by atoms with Crippen molar-refractivity contribution >= 4 is 16.9 Å². The number of H-pyrrole nitrogens is 1. The predicted octanol–water partition coefficient (Wildman–Crippen LogP) is 1.05. The van der Waals surface area contributed by atoms with Crippen molar-refractivity contribution in [3.05, 3.63) is 27.7 Å². The van der Waals surface area contributed by atoms with Crippen molar-refractivity contribution in [2.45, 2.75) is 25.8 Å². The van der Waals surface area contributed by atoms with E-state index in [1.807, 2.05) is 11.8 Å². The maximum Gasteiger partial charge on any atom is 0.270 e. The van der Waals surface area contributed by atoms with E-state index in [0.29, 0.717) is 34.4 Å². The van der Waals surface area contributed by atoms with Gasteiger partial charge in [-0.1, -0.05) is 0 Å². The van der Waals surface area contributed by atoms with E-state index in [1.54, 1.807) is 11.7 Å². The smallest absolute Gasteiger partial charge is 0.270 e. The molecular formula is C16H18N4O2. The fourth-order valence-corrected chi connectivity index (χ4v) is 4.80. The van der Waals surface area contributed by atoms with E-state index in [0.717, 1.165) is 24.8 Å². The first-order valence-corrected chi connectivity index (χ1v) is 7.92. The van der Waals surface area contributed by atoms with Crippen LogP contribution >= 0.6 is 0 Å². The van der Waals surface area contributed by atoms with Crippen LogP contribution < -0.4 is 5.43 Å². The maximum atomic E-state index is 12.8. The van der Waals surface area contributed by atoms with Crippen molar-refractivity contribution in [3.8, 4) is 0 Å². The van der Waals surface area contributed by atoms with Gasteiger partial charge in [-0.15, -0.1) is 0 Å². The largest absolute Gasteiger partial charge is 0.335 e. The van der Waals surface area contributed by atoms with Gasteiger partial charge >= 0.3 is 0 Å². The van der Waals surface area contributed by atoms with Gasteiger partial charge in [0.25, 0.3) is 5.91 Å². The van der Waals surface area contributed by atoms with Crippen molar-refractivity contribution in [1.82, 2.24) is 19.7 Å². The summed E-state index contributed by atoms with van der Waals surface area (Å²) in [4.78, 5) is 30.3. The summed E-state index contributed by atoms with van der Waals surface area (Å²) in [5.41, 5.74) is 1.59. The third kappa shape index (κ3) is 1.42. The van der Waals surface area contributed by atoms with Gasteiger partial charge in [0.05, 0.1) is 11.1 Å². The average molecular weight is 298 g/mol. The Kier molecular flexibility index (Phi) is 2.15. The summed E-state index contributed by atoms with van der Waals surface area (Å²) < 4.78 is 1.63. The van der Waals surface area contributed by atoms with Crippen molar-refractivity contribution in [3.63, 3.8) is 0 Å². The number of aromatic amines is 1. The lowest BCUT2D eigenvalue weighted by Crippen LogP contribution is -2.39. The first-order chi connectivity index (χ1) is 10.5. The Morgan fingerprint density at radius 2 is 2.18 bits per heavy atom. The minimum Gasteiger partial charge on any atom is -0.335 e. The lowest BCUT2D eigenvalue weighted by atomic mass is 10.1. The number of piperidine rings is 1. The molecule has 0 spiro atoms. The van der Waals surface area contributed by atoms with E-state index in [1.165, 1.54) is 12.5 Å². The zero-order chi connectivity index (χ0) is 15.2. The molecule has 1 amide bonds. The van der Waals surface area contributed by atoms with Crippen LogP contribution in [0.1, 0.15) is 29.0 Å². The highest BCUT2D eigenvalue weighted by Gasteiger charge is 2.61. The molecule has 1 N–H and O–H groups in total. The number of amides is 1. The molecule has 6 nitrogen and oxygen atoms in total. The number of rotatable bonds is 1. The Labute approximate surface area is 127 Å². The van der Waals surface area contributed by atoms with Gasteiger partial charge in [0.1, 0.15) is 11.3 Å². The van der Waals surface area contributed by atoms with Gasteiger partial charge in [0.2, 0.25) is 0 Å². The summed E-state index contributed by atoms with van der Waals surface area (Å²) in [6.45, 7) is 2.67. The zero-order valence-corrected chi connectivity index (χ0v) is 12.7. The summed E-state index contributed by atoms with van der Waals surface area (Å²) in [7, 11) is 1.78. The molecule has 0 unspecified atom stereocenters. The molecule has 6 heteroatoms. The molecule has 3 heterocycles. The number of hydrogen-bond acceptors (Lipinski definition) is 3. The average Bonchev–Trinajstić information content (AvgIpc) is 2.97. The molecule has 1 aliphatic heterocycles. The summed E-state index contributed by atoms with van der Waals surface area (Å²) in [6.07, 6.45) is 2.44. The van der Waals surface area contributed by atoms with Gasteiger partial charge in [0, 0.05) is 25.7 Å². The number of likely N-dealkylation sites (tertiary alicyclic amines) is 1. The summed E-state index contributed by atoms with van der Waals surface area (Å²) in [6, 6.07) is 1.84. The number of nitrogens with one attached hydrogen (secondary N) is 1. The number of nitrogens with zero attached hydrogens (tertiary/aromatic N) is 3.